The molecule has 0 aliphatic heterocycles. The zero-order chi connectivity index (χ0) is 9.94. The number of allylic oxidation sites excluding steroid dienone is 4. The van der Waals surface area contributed by atoms with Crippen molar-refractivity contribution >= 4 is 5.78 Å². The van der Waals surface area contributed by atoms with E-state index in [0.29, 0.717) is 6.42 Å². The van der Waals surface area contributed by atoms with Gasteiger partial charge in [-0.05, 0) is 38.7 Å². The molecule has 0 amide bonds. The van der Waals surface area contributed by atoms with Gasteiger partial charge in [0.25, 0.3) is 0 Å². The molecule has 0 N–H and O–H groups in total. The van der Waals surface area contributed by atoms with Crippen molar-refractivity contribution in [3.05, 3.63) is 24.3 Å². The Morgan fingerprint density at radius 1 is 1.23 bits per heavy atom. The van der Waals surface area contributed by atoms with E-state index in [2.05, 4.69) is 12.2 Å². The van der Waals surface area contributed by atoms with E-state index >= 15 is 0 Å². The number of carbonyl (C=O) groups excluding carboxylic acids is 1. The molecule has 0 aromatic heterocycles. The molecule has 0 heterocycles. The second kappa shape index (κ2) is 9.24. The summed E-state index contributed by atoms with van der Waals surface area (Å²) < 4.78 is 0. The summed E-state index contributed by atoms with van der Waals surface area (Å²) in [7, 11) is 0. The van der Waals surface area contributed by atoms with Gasteiger partial charge in [0.05, 0.1) is 0 Å². The van der Waals surface area contributed by atoms with Gasteiger partial charge in [-0.3, -0.25) is 4.79 Å². The summed E-state index contributed by atoms with van der Waals surface area (Å²) in [6, 6.07) is 0. The Morgan fingerprint density at radius 3 is 2.62 bits per heavy atom. The van der Waals surface area contributed by atoms with E-state index in [-0.39, 0.29) is 5.78 Å². The SMILES string of the molecule is C/C=C/CCCCC(=O)/C=C/CC. The molecule has 0 fully saturated rings. The van der Waals surface area contributed by atoms with Gasteiger partial charge in [0, 0.05) is 6.42 Å². The fourth-order valence-electron chi connectivity index (χ4n) is 1.06. The minimum absolute atomic E-state index is 0.266. The molecule has 0 bridgehead atoms. The second-order valence-electron chi connectivity index (χ2n) is 3.09. The predicted octanol–water partition coefficient (Wildman–Crippen LogP) is 3.66. The highest BCUT2D eigenvalue weighted by Crippen LogP contribution is 2.02. The smallest absolute Gasteiger partial charge is 0.155 e. The van der Waals surface area contributed by atoms with Crippen LogP contribution in [0.5, 0.6) is 0 Å². The van der Waals surface area contributed by atoms with E-state index in [1.54, 1.807) is 6.08 Å². The minimum Gasteiger partial charge on any atom is -0.295 e. The number of unbranched alkanes of at least 4 members (excludes halogenated alkanes) is 2. The van der Waals surface area contributed by atoms with Crippen LogP contribution < -0.4 is 0 Å². The van der Waals surface area contributed by atoms with Gasteiger partial charge in [-0.2, -0.15) is 0 Å². The van der Waals surface area contributed by atoms with Crippen LogP contribution in [-0.4, -0.2) is 5.78 Å². The lowest BCUT2D eigenvalue weighted by Crippen LogP contribution is -1.91. The van der Waals surface area contributed by atoms with Gasteiger partial charge in [-0.15, -0.1) is 0 Å². The molecule has 0 aliphatic rings. The Bertz CT molecular complexity index is 178. The van der Waals surface area contributed by atoms with Crippen molar-refractivity contribution in [2.24, 2.45) is 0 Å². The molecular weight excluding hydrogens is 160 g/mol. The van der Waals surface area contributed by atoms with Gasteiger partial charge < -0.3 is 0 Å². The topological polar surface area (TPSA) is 17.1 Å². The Labute approximate surface area is 81.5 Å². The lowest BCUT2D eigenvalue weighted by Gasteiger charge is -1.94. The number of carbonyl (C=O) groups is 1. The van der Waals surface area contributed by atoms with E-state index in [9.17, 15) is 4.79 Å². The summed E-state index contributed by atoms with van der Waals surface area (Å²) in [4.78, 5) is 11.1. The predicted molar refractivity (Wildman–Crippen MR) is 57.7 cm³/mol. The molecule has 0 radical (unpaired) electrons. The number of hydrogen-bond acceptors (Lipinski definition) is 1. The average molecular weight is 180 g/mol. The molecule has 13 heavy (non-hydrogen) atoms. The van der Waals surface area contributed by atoms with Gasteiger partial charge in [0.15, 0.2) is 5.78 Å². The van der Waals surface area contributed by atoms with E-state index in [1.165, 1.54) is 0 Å². The minimum atomic E-state index is 0.266. The molecule has 0 saturated heterocycles. The van der Waals surface area contributed by atoms with Gasteiger partial charge in [0.2, 0.25) is 0 Å². The van der Waals surface area contributed by atoms with Crippen LogP contribution in [0, 0.1) is 0 Å². The first-order valence-corrected chi connectivity index (χ1v) is 5.11. The number of rotatable bonds is 7. The average Bonchev–Trinajstić information content (AvgIpc) is 2.14. The molecule has 0 rings (SSSR count). The standard InChI is InChI=1S/C12H20O/c1-3-5-7-8-9-11-12(13)10-6-4-2/h3,5-6,10H,4,7-9,11H2,1-2H3/b5-3+,10-6+. The Hall–Kier alpha value is -0.850. The molecule has 1 nitrogen and oxygen atoms in total. The van der Waals surface area contributed by atoms with Crippen LogP contribution in [0.4, 0.5) is 0 Å². The van der Waals surface area contributed by atoms with Gasteiger partial charge in [-0.25, -0.2) is 0 Å². The van der Waals surface area contributed by atoms with Gasteiger partial charge >= 0.3 is 0 Å². The number of hydrogen-bond donors (Lipinski definition) is 0. The summed E-state index contributed by atoms with van der Waals surface area (Å²) >= 11 is 0. The van der Waals surface area contributed by atoms with E-state index in [1.807, 2.05) is 19.9 Å². The molecular formula is C12H20O. The van der Waals surface area contributed by atoms with Crippen LogP contribution in [0.25, 0.3) is 0 Å². The molecule has 0 aliphatic carbocycles. The highest BCUT2D eigenvalue weighted by atomic mass is 16.1. The summed E-state index contributed by atoms with van der Waals surface area (Å²) in [6.07, 6.45) is 12.7. The molecule has 0 spiro atoms. The van der Waals surface area contributed by atoms with Gasteiger partial charge in [-0.1, -0.05) is 25.2 Å². The van der Waals surface area contributed by atoms with Crippen LogP contribution in [0.2, 0.25) is 0 Å². The van der Waals surface area contributed by atoms with E-state index in [4.69, 9.17) is 0 Å². The van der Waals surface area contributed by atoms with Crippen molar-refractivity contribution in [1.82, 2.24) is 0 Å². The number of ketones is 1. The maximum atomic E-state index is 11.1. The highest BCUT2D eigenvalue weighted by molar-refractivity contribution is 5.89. The fraction of sp³-hybridized carbons (Fsp3) is 0.583. The van der Waals surface area contributed by atoms with Crippen LogP contribution >= 0.6 is 0 Å². The molecule has 74 valence electrons. The second-order valence-corrected chi connectivity index (χ2v) is 3.09. The van der Waals surface area contributed by atoms with E-state index < -0.39 is 0 Å². The van der Waals surface area contributed by atoms with Gasteiger partial charge in [0.1, 0.15) is 0 Å². The van der Waals surface area contributed by atoms with Crippen molar-refractivity contribution in [2.45, 2.75) is 46.0 Å². The van der Waals surface area contributed by atoms with Crippen LogP contribution in [0.1, 0.15) is 46.0 Å². The normalized spacial score (nSPS) is 11.5. The lowest BCUT2D eigenvalue weighted by atomic mass is 10.1. The molecule has 0 saturated carbocycles. The van der Waals surface area contributed by atoms with Crippen molar-refractivity contribution in [3.8, 4) is 0 Å². The molecule has 1 heteroatoms. The fourth-order valence-corrected chi connectivity index (χ4v) is 1.06. The van der Waals surface area contributed by atoms with Crippen molar-refractivity contribution in [3.63, 3.8) is 0 Å². The van der Waals surface area contributed by atoms with Crippen molar-refractivity contribution < 1.29 is 4.79 Å². The zero-order valence-electron chi connectivity index (χ0n) is 8.75. The third-order valence-corrected chi connectivity index (χ3v) is 1.82. The Balaban J connectivity index is 3.32. The summed E-state index contributed by atoms with van der Waals surface area (Å²) in [5, 5.41) is 0. The lowest BCUT2D eigenvalue weighted by molar-refractivity contribution is -0.114. The first-order valence-electron chi connectivity index (χ1n) is 5.11. The first kappa shape index (κ1) is 12.2. The molecule has 0 aromatic rings. The summed E-state index contributed by atoms with van der Waals surface area (Å²) in [6.45, 7) is 4.06. The third kappa shape index (κ3) is 9.06. The molecule has 0 atom stereocenters. The van der Waals surface area contributed by atoms with E-state index in [0.717, 1.165) is 25.7 Å². The largest absolute Gasteiger partial charge is 0.295 e. The highest BCUT2D eigenvalue weighted by Gasteiger charge is 1.94. The van der Waals surface area contributed by atoms with Crippen LogP contribution in [-0.2, 0) is 4.79 Å². The van der Waals surface area contributed by atoms with Crippen LogP contribution in [0.3, 0.4) is 0 Å². The Kier molecular flexibility index (Phi) is 8.64. The van der Waals surface area contributed by atoms with Crippen molar-refractivity contribution in [1.29, 1.82) is 0 Å². The maximum absolute atomic E-state index is 11.1. The third-order valence-electron chi connectivity index (χ3n) is 1.82. The Morgan fingerprint density at radius 2 is 2.00 bits per heavy atom. The maximum Gasteiger partial charge on any atom is 0.155 e. The molecule has 0 aromatic carbocycles. The quantitative estimate of drug-likeness (QED) is 0.332. The first-order chi connectivity index (χ1) is 6.31. The zero-order valence-corrected chi connectivity index (χ0v) is 8.75. The van der Waals surface area contributed by atoms with Crippen LogP contribution in [0.15, 0.2) is 24.3 Å². The van der Waals surface area contributed by atoms with Crippen molar-refractivity contribution in [2.75, 3.05) is 0 Å². The molecule has 0 unspecified atom stereocenters. The summed E-state index contributed by atoms with van der Waals surface area (Å²) in [5.74, 6) is 0.266. The monoisotopic (exact) mass is 180 g/mol. The summed E-state index contributed by atoms with van der Waals surface area (Å²) in [5.41, 5.74) is 0.